The van der Waals surface area contributed by atoms with E-state index in [-0.39, 0.29) is 12.2 Å². The Kier molecular flexibility index (Phi) is 4.54. The molecule has 1 atom stereocenters. The second-order valence-corrected chi connectivity index (χ2v) is 6.79. The van der Waals surface area contributed by atoms with E-state index in [1.807, 2.05) is 6.07 Å². The van der Waals surface area contributed by atoms with Gasteiger partial charge in [-0.2, -0.15) is 0 Å². The molecular weight excluding hydrogens is 298 g/mol. The van der Waals surface area contributed by atoms with Crippen molar-refractivity contribution in [3.05, 3.63) is 29.3 Å². The van der Waals surface area contributed by atoms with Gasteiger partial charge in [0, 0.05) is 6.42 Å². The van der Waals surface area contributed by atoms with E-state index in [2.05, 4.69) is 5.32 Å². The summed E-state index contributed by atoms with van der Waals surface area (Å²) in [6.45, 7) is 5.25. The van der Waals surface area contributed by atoms with Gasteiger partial charge < -0.3 is 19.9 Å². The number of carbonyl (C=O) groups is 2. The minimum absolute atomic E-state index is 0.112. The van der Waals surface area contributed by atoms with Crippen LogP contribution in [0.1, 0.15) is 38.3 Å². The van der Waals surface area contributed by atoms with Gasteiger partial charge in [-0.15, -0.1) is 0 Å². The molecule has 2 N–H and O–H groups in total. The fourth-order valence-electron chi connectivity index (χ4n) is 2.82. The van der Waals surface area contributed by atoms with Gasteiger partial charge in [-0.25, -0.2) is 9.59 Å². The third kappa shape index (κ3) is 3.75. The number of nitrogens with one attached hydrogen (secondary N) is 1. The molecule has 1 amide bonds. The Morgan fingerprint density at radius 3 is 2.61 bits per heavy atom. The summed E-state index contributed by atoms with van der Waals surface area (Å²) in [5, 5.41) is 12.7. The van der Waals surface area contributed by atoms with Crippen molar-refractivity contribution in [3.8, 4) is 5.75 Å². The number of methoxy groups -OCH3 is 1. The number of aryl methyl sites for hydroxylation is 1. The van der Waals surface area contributed by atoms with Crippen molar-refractivity contribution in [1.82, 2.24) is 5.32 Å². The van der Waals surface area contributed by atoms with Crippen LogP contribution in [0.15, 0.2) is 18.2 Å². The van der Waals surface area contributed by atoms with Gasteiger partial charge >= 0.3 is 12.1 Å². The molecule has 126 valence electrons. The SMILES string of the molecule is COC(=O)[C@]1(NC(=O)OC(C)(C)C)CCc2cccc(O)c2C1. The monoisotopic (exact) mass is 321 g/mol. The molecule has 0 aromatic heterocycles. The number of rotatable bonds is 2. The Bertz CT molecular complexity index is 620. The van der Waals surface area contributed by atoms with Gasteiger partial charge in [-0.1, -0.05) is 12.1 Å². The zero-order valence-corrected chi connectivity index (χ0v) is 13.9. The predicted molar refractivity (Wildman–Crippen MR) is 84.2 cm³/mol. The van der Waals surface area contributed by atoms with Crippen LogP contribution in [-0.4, -0.2) is 35.4 Å². The third-order valence-electron chi connectivity index (χ3n) is 3.86. The first-order valence-electron chi connectivity index (χ1n) is 7.56. The molecular formula is C17H23NO5. The second-order valence-electron chi connectivity index (χ2n) is 6.79. The molecule has 2 rings (SSSR count). The summed E-state index contributed by atoms with van der Waals surface area (Å²) in [4.78, 5) is 24.5. The number of phenolic OH excluding ortho intramolecular Hbond substituents is 1. The summed E-state index contributed by atoms with van der Waals surface area (Å²) in [6, 6.07) is 5.24. The summed E-state index contributed by atoms with van der Waals surface area (Å²) in [7, 11) is 1.28. The molecule has 1 aromatic rings. The van der Waals surface area contributed by atoms with E-state index < -0.39 is 23.2 Å². The average Bonchev–Trinajstić information content (AvgIpc) is 2.45. The molecule has 23 heavy (non-hydrogen) atoms. The molecule has 1 aliphatic rings. The van der Waals surface area contributed by atoms with Crippen LogP contribution in [0.3, 0.4) is 0 Å². The van der Waals surface area contributed by atoms with E-state index in [0.29, 0.717) is 18.4 Å². The molecule has 0 unspecified atom stereocenters. The van der Waals surface area contributed by atoms with Crippen LogP contribution < -0.4 is 5.32 Å². The standard InChI is InChI=1S/C17H23NO5/c1-16(2,3)23-15(21)18-17(14(20)22-4)9-8-11-6-5-7-13(19)12(11)10-17/h5-7,19H,8-10H2,1-4H3,(H,18,21)/t17-/m0/s1. The summed E-state index contributed by atoms with van der Waals surface area (Å²) < 4.78 is 10.1. The van der Waals surface area contributed by atoms with E-state index in [9.17, 15) is 14.7 Å². The molecule has 6 nitrogen and oxygen atoms in total. The molecule has 0 saturated carbocycles. The average molecular weight is 321 g/mol. The number of phenols is 1. The highest BCUT2D eigenvalue weighted by Crippen LogP contribution is 2.35. The summed E-state index contributed by atoms with van der Waals surface area (Å²) in [5.74, 6) is -0.432. The first kappa shape index (κ1) is 17.1. The maximum absolute atomic E-state index is 12.3. The second kappa shape index (κ2) is 6.10. The van der Waals surface area contributed by atoms with Gasteiger partial charge in [0.2, 0.25) is 0 Å². The van der Waals surface area contributed by atoms with E-state index in [4.69, 9.17) is 9.47 Å². The van der Waals surface area contributed by atoms with Gasteiger partial charge in [0.15, 0.2) is 0 Å². The van der Waals surface area contributed by atoms with Crippen LogP contribution in [0.4, 0.5) is 4.79 Å². The fraction of sp³-hybridized carbons (Fsp3) is 0.529. The minimum atomic E-state index is -1.23. The number of amides is 1. The van der Waals surface area contributed by atoms with E-state index in [1.165, 1.54) is 7.11 Å². The lowest BCUT2D eigenvalue weighted by atomic mass is 9.77. The Morgan fingerprint density at radius 1 is 1.30 bits per heavy atom. The van der Waals surface area contributed by atoms with E-state index >= 15 is 0 Å². The van der Waals surface area contributed by atoms with Crippen molar-refractivity contribution < 1.29 is 24.2 Å². The predicted octanol–water partition coefficient (Wildman–Crippen LogP) is 2.32. The van der Waals surface area contributed by atoms with Crippen LogP contribution in [0.25, 0.3) is 0 Å². The summed E-state index contributed by atoms with van der Waals surface area (Å²) in [6.07, 6.45) is 0.423. The Morgan fingerprint density at radius 2 is 2.00 bits per heavy atom. The van der Waals surface area contributed by atoms with Crippen molar-refractivity contribution in [2.24, 2.45) is 0 Å². The van der Waals surface area contributed by atoms with Crippen LogP contribution in [0.5, 0.6) is 5.75 Å². The van der Waals surface area contributed by atoms with Crippen LogP contribution >= 0.6 is 0 Å². The van der Waals surface area contributed by atoms with Crippen molar-refractivity contribution in [1.29, 1.82) is 0 Å². The zero-order chi connectivity index (χ0) is 17.3. The van der Waals surface area contributed by atoms with Gasteiger partial charge in [0.1, 0.15) is 16.9 Å². The lowest BCUT2D eigenvalue weighted by Gasteiger charge is -2.36. The summed E-state index contributed by atoms with van der Waals surface area (Å²) in [5.41, 5.74) is -0.283. The highest BCUT2D eigenvalue weighted by molar-refractivity contribution is 5.87. The number of alkyl carbamates (subject to hydrolysis) is 1. The smallest absolute Gasteiger partial charge is 0.408 e. The van der Waals surface area contributed by atoms with E-state index in [0.717, 1.165) is 5.56 Å². The molecule has 0 heterocycles. The van der Waals surface area contributed by atoms with E-state index in [1.54, 1.807) is 32.9 Å². The maximum atomic E-state index is 12.3. The fourth-order valence-corrected chi connectivity index (χ4v) is 2.82. The number of hydrogen-bond donors (Lipinski definition) is 2. The van der Waals surface area contributed by atoms with Gasteiger partial charge in [-0.3, -0.25) is 0 Å². The number of benzene rings is 1. The van der Waals surface area contributed by atoms with Crippen molar-refractivity contribution >= 4 is 12.1 Å². The number of ether oxygens (including phenoxy) is 2. The molecule has 1 aromatic carbocycles. The Balaban J connectivity index is 2.30. The van der Waals surface area contributed by atoms with Crippen LogP contribution in [0, 0.1) is 0 Å². The first-order valence-corrected chi connectivity index (χ1v) is 7.56. The summed E-state index contributed by atoms with van der Waals surface area (Å²) >= 11 is 0. The lowest BCUT2D eigenvalue weighted by Crippen LogP contribution is -2.59. The number of aromatic hydroxyl groups is 1. The lowest BCUT2D eigenvalue weighted by molar-refractivity contribution is -0.149. The first-order chi connectivity index (χ1) is 10.7. The highest BCUT2D eigenvalue weighted by atomic mass is 16.6. The molecule has 0 bridgehead atoms. The molecule has 0 radical (unpaired) electrons. The quantitative estimate of drug-likeness (QED) is 0.817. The topological polar surface area (TPSA) is 84.9 Å². The van der Waals surface area contributed by atoms with Gasteiger partial charge in [-0.05, 0) is 50.8 Å². The highest BCUT2D eigenvalue weighted by Gasteiger charge is 2.45. The largest absolute Gasteiger partial charge is 0.508 e. The van der Waals surface area contributed by atoms with Crippen LogP contribution in [-0.2, 0) is 27.1 Å². The van der Waals surface area contributed by atoms with Crippen molar-refractivity contribution in [3.63, 3.8) is 0 Å². The molecule has 1 aliphatic carbocycles. The van der Waals surface area contributed by atoms with Gasteiger partial charge in [0.05, 0.1) is 7.11 Å². The maximum Gasteiger partial charge on any atom is 0.408 e. The zero-order valence-electron chi connectivity index (χ0n) is 13.9. The Hall–Kier alpha value is -2.24. The van der Waals surface area contributed by atoms with Crippen molar-refractivity contribution in [2.75, 3.05) is 7.11 Å². The van der Waals surface area contributed by atoms with Crippen molar-refractivity contribution in [2.45, 2.75) is 51.2 Å². The molecule has 6 heteroatoms. The molecule has 0 fully saturated rings. The molecule has 0 aliphatic heterocycles. The third-order valence-corrected chi connectivity index (χ3v) is 3.86. The van der Waals surface area contributed by atoms with Crippen LogP contribution in [0.2, 0.25) is 0 Å². The number of carbonyl (C=O) groups excluding carboxylic acids is 2. The number of fused-ring (bicyclic) bond motifs is 1. The number of esters is 1. The minimum Gasteiger partial charge on any atom is -0.508 e. The molecule has 0 saturated heterocycles. The number of hydrogen-bond acceptors (Lipinski definition) is 5. The molecule has 0 spiro atoms. The normalized spacial score (nSPS) is 20.3. The van der Waals surface area contributed by atoms with Gasteiger partial charge in [0.25, 0.3) is 0 Å². The Labute approximate surface area is 135 Å².